The van der Waals surface area contributed by atoms with Crippen molar-refractivity contribution < 1.29 is 9.53 Å². The lowest BCUT2D eigenvalue weighted by molar-refractivity contribution is -0.114. The fourth-order valence-electron chi connectivity index (χ4n) is 5.50. The molecule has 2 N–H and O–H groups in total. The van der Waals surface area contributed by atoms with Gasteiger partial charge in [0.05, 0.1) is 36.1 Å². The van der Waals surface area contributed by atoms with Crippen molar-refractivity contribution >= 4 is 57.5 Å². The molecular weight excluding hydrogens is 530 g/mol. The minimum Gasteiger partial charge on any atom is -0.495 e. The Morgan fingerprint density at radius 3 is 2.64 bits per heavy atom. The number of rotatable bonds is 5. The molecule has 2 atom stereocenters. The fourth-order valence-corrected chi connectivity index (χ4v) is 6.11. The summed E-state index contributed by atoms with van der Waals surface area (Å²) in [5.74, 6) is 0.366. The number of amides is 1. The molecule has 39 heavy (non-hydrogen) atoms. The lowest BCUT2D eigenvalue weighted by atomic mass is 9.86. The van der Waals surface area contributed by atoms with E-state index in [1.54, 1.807) is 13.3 Å². The van der Waals surface area contributed by atoms with E-state index in [-0.39, 0.29) is 23.5 Å². The van der Waals surface area contributed by atoms with Crippen LogP contribution in [0, 0.1) is 0 Å². The van der Waals surface area contributed by atoms with Crippen LogP contribution in [0.3, 0.4) is 0 Å². The smallest absolute Gasteiger partial charge is 0.221 e. The van der Waals surface area contributed by atoms with Gasteiger partial charge in [-0.1, -0.05) is 23.7 Å². The highest BCUT2D eigenvalue weighted by Gasteiger charge is 2.43. The van der Waals surface area contributed by atoms with Crippen LogP contribution in [0.1, 0.15) is 56.6 Å². The Morgan fingerprint density at radius 1 is 1.21 bits per heavy atom. The summed E-state index contributed by atoms with van der Waals surface area (Å²) in [6.45, 7) is 7.99. The first-order valence-electron chi connectivity index (χ1n) is 12.7. The van der Waals surface area contributed by atoms with Crippen LogP contribution in [0.25, 0.3) is 5.57 Å². The zero-order valence-corrected chi connectivity index (χ0v) is 24.4. The number of ether oxygens (including phenoxy) is 1. The van der Waals surface area contributed by atoms with Crippen molar-refractivity contribution in [1.29, 1.82) is 0 Å². The Labute approximate surface area is 239 Å². The van der Waals surface area contributed by atoms with E-state index in [4.69, 9.17) is 28.6 Å². The number of pyridine rings is 1. The van der Waals surface area contributed by atoms with E-state index in [0.717, 1.165) is 28.2 Å². The van der Waals surface area contributed by atoms with Crippen molar-refractivity contribution in [2.24, 2.45) is 0 Å². The third-order valence-corrected chi connectivity index (χ3v) is 8.17. The van der Waals surface area contributed by atoms with Crippen molar-refractivity contribution in [1.82, 2.24) is 10.3 Å². The first-order chi connectivity index (χ1) is 18.5. The van der Waals surface area contributed by atoms with Gasteiger partial charge in [0, 0.05) is 42.1 Å². The summed E-state index contributed by atoms with van der Waals surface area (Å²) >= 11 is 13.0. The highest BCUT2D eigenvalue weighted by atomic mass is 35.5. The summed E-state index contributed by atoms with van der Waals surface area (Å²) in [5.41, 5.74) is 6.40. The molecule has 202 valence electrons. The monoisotopic (exact) mass is 561 g/mol. The standard InChI is InChI=1S/C30H32ClN5O2S/c1-17-16-30(3,4)35(5)25-15-22(31)21(14-20(17)25)28-27(23-9-7-8-12-32-23)34-29(39)36(28)19-10-11-26(38-6)24(13-19)33-18(2)37/h7-16,27-28H,1-6H3,(H,33,37)(H,34,39). The number of likely N-dealkylation sites (N-methyl/N-ethyl adjacent to an activating group) is 1. The van der Waals surface area contributed by atoms with Crippen molar-refractivity contribution in [2.45, 2.75) is 45.3 Å². The second-order valence-corrected chi connectivity index (χ2v) is 11.3. The van der Waals surface area contributed by atoms with Gasteiger partial charge in [0.25, 0.3) is 0 Å². The summed E-state index contributed by atoms with van der Waals surface area (Å²) in [7, 11) is 3.66. The molecule has 5 rings (SSSR count). The zero-order chi connectivity index (χ0) is 28.1. The molecule has 1 amide bonds. The number of hydrogen-bond donors (Lipinski definition) is 2. The molecule has 2 aliphatic heterocycles. The quantitative estimate of drug-likeness (QED) is 0.344. The topological polar surface area (TPSA) is 69.7 Å². The summed E-state index contributed by atoms with van der Waals surface area (Å²) in [5, 5.41) is 7.53. The van der Waals surface area contributed by atoms with Crippen LogP contribution in [0.15, 0.2) is 60.8 Å². The van der Waals surface area contributed by atoms with E-state index >= 15 is 0 Å². The van der Waals surface area contributed by atoms with Gasteiger partial charge in [0.2, 0.25) is 5.91 Å². The number of carbonyl (C=O) groups is 1. The van der Waals surface area contributed by atoms with E-state index in [1.807, 2.05) is 41.3 Å². The third-order valence-electron chi connectivity index (χ3n) is 7.52. The molecule has 3 heterocycles. The maximum absolute atomic E-state index is 11.9. The fraction of sp³-hybridized carbons (Fsp3) is 0.300. The van der Waals surface area contributed by atoms with Gasteiger partial charge in [-0.15, -0.1) is 0 Å². The molecule has 0 spiro atoms. The number of hydrogen-bond acceptors (Lipinski definition) is 5. The molecule has 2 unspecified atom stereocenters. The molecule has 3 aromatic rings. The number of methoxy groups -OCH3 is 1. The lowest BCUT2D eigenvalue weighted by Gasteiger charge is -2.41. The first-order valence-corrected chi connectivity index (χ1v) is 13.5. The van der Waals surface area contributed by atoms with Crippen molar-refractivity contribution in [3.8, 4) is 5.75 Å². The summed E-state index contributed by atoms with van der Waals surface area (Å²) < 4.78 is 5.49. The Kier molecular flexibility index (Phi) is 7.03. The van der Waals surface area contributed by atoms with Gasteiger partial charge in [0.1, 0.15) is 5.75 Å². The molecule has 1 fully saturated rings. The zero-order valence-electron chi connectivity index (χ0n) is 22.9. The predicted octanol–water partition coefficient (Wildman–Crippen LogP) is 6.51. The third kappa shape index (κ3) is 4.83. The maximum Gasteiger partial charge on any atom is 0.221 e. The summed E-state index contributed by atoms with van der Waals surface area (Å²) in [6, 6.07) is 15.1. The van der Waals surface area contributed by atoms with Crippen LogP contribution >= 0.6 is 23.8 Å². The van der Waals surface area contributed by atoms with E-state index in [1.165, 1.54) is 12.5 Å². The van der Waals surface area contributed by atoms with Crippen molar-refractivity contribution in [2.75, 3.05) is 29.3 Å². The number of carbonyl (C=O) groups excluding carboxylic acids is 1. The Bertz CT molecular complexity index is 1490. The average molecular weight is 562 g/mol. The molecule has 0 aliphatic carbocycles. The Hall–Kier alpha value is -3.62. The van der Waals surface area contributed by atoms with E-state index in [0.29, 0.717) is 21.6 Å². The number of aromatic nitrogens is 1. The molecule has 9 heteroatoms. The number of nitrogens with zero attached hydrogens (tertiary/aromatic N) is 3. The summed E-state index contributed by atoms with van der Waals surface area (Å²) in [4.78, 5) is 20.9. The molecular formula is C30H32ClN5O2S. The van der Waals surface area contributed by atoms with Gasteiger partial charge >= 0.3 is 0 Å². The first kappa shape index (κ1) is 27.0. The Balaban J connectivity index is 1.70. The largest absolute Gasteiger partial charge is 0.495 e. The molecule has 2 aliphatic rings. The molecule has 7 nitrogen and oxygen atoms in total. The normalized spacial score (nSPS) is 19.8. The minimum absolute atomic E-state index is 0.135. The van der Waals surface area contributed by atoms with E-state index < -0.39 is 0 Å². The molecule has 0 saturated carbocycles. The number of fused-ring (bicyclic) bond motifs is 1. The van der Waals surface area contributed by atoms with Gasteiger partial charge in [-0.2, -0.15) is 0 Å². The van der Waals surface area contributed by atoms with Crippen LogP contribution in [0.5, 0.6) is 5.75 Å². The average Bonchev–Trinajstić information content (AvgIpc) is 3.23. The molecule has 1 saturated heterocycles. The predicted molar refractivity (Wildman–Crippen MR) is 163 cm³/mol. The lowest BCUT2D eigenvalue weighted by Crippen LogP contribution is -2.42. The highest BCUT2D eigenvalue weighted by Crippen LogP contribution is 2.48. The minimum atomic E-state index is -0.309. The van der Waals surface area contributed by atoms with E-state index in [2.05, 4.69) is 66.5 Å². The van der Waals surface area contributed by atoms with E-state index in [9.17, 15) is 4.79 Å². The van der Waals surface area contributed by atoms with Crippen LogP contribution in [0.4, 0.5) is 17.1 Å². The number of thiocarbonyl (C=S) groups is 1. The van der Waals surface area contributed by atoms with Crippen LogP contribution in [0.2, 0.25) is 5.02 Å². The van der Waals surface area contributed by atoms with Gasteiger partial charge in [-0.05, 0) is 86.6 Å². The number of allylic oxidation sites excluding steroid dienone is 1. The number of benzene rings is 2. The highest BCUT2D eigenvalue weighted by molar-refractivity contribution is 7.80. The molecule has 1 aromatic heterocycles. The van der Waals surface area contributed by atoms with Crippen LogP contribution < -0.4 is 25.2 Å². The second-order valence-electron chi connectivity index (χ2n) is 10.5. The number of nitrogens with one attached hydrogen (secondary N) is 2. The van der Waals surface area contributed by atoms with Gasteiger partial charge in [0.15, 0.2) is 5.11 Å². The molecule has 2 aromatic carbocycles. The van der Waals surface area contributed by atoms with Gasteiger partial charge in [-0.25, -0.2) is 0 Å². The van der Waals surface area contributed by atoms with Crippen LogP contribution in [-0.4, -0.2) is 35.7 Å². The Morgan fingerprint density at radius 2 is 1.97 bits per heavy atom. The van der Waals surface area contributed by atoms with Crippen LogP contribution in [-0.2, 0) is 4.79 Å². The molecule has 0 bridgehead atoms. The second kappa shape index (κ2) is 10.2. The SMILES string of the molecule is COc1ccc(N2C(=S)NC(c3ccccn3)C2c2cc3c(cc2Cl)N(C)C(C)(C)C=C3C)cc1NC(C)=O. The van der Waals surface area contributed by atoms with Gasteiger partial charge < -0.3 is 25.2 Å². The molecule has 0 radical (unpaired) electrons. The number of anilines is 3. The van der Waals surface area contributed by atoms with Gasteiger partial charge in [-0.3, -0.25) is 9.78 Å². The maximum atomic E-state index is 11.9. The van der Waals surface area contributed by atoms with Crippen molar-refractivity contribution in [3.05, 3.63) is 82.6 Å². The number of halogens is 1. The summed E-state index contributed by atoms with van der Waals surface area (Å²) in [6.07, 6.45) is 4.06. The van der Waals surface area contributed by atoms with Crippen molar-refractivity contribution in [3.63, 3.8) is 0 Å².